The Morgan fingerprint density at radius 2 is 1.92 bits per heavy atom. The number of para-hydroxylation sites is 1. The van der Waals surface area contributed by atoms with Crippen LogP contribution in [0.15, 0.2) is 48.7 Å². The quantitative estimate of drug-likeness (QED) is 0.139. The Morgan fingerprint density at radius 3 is 2.65 bits per heavy atom. The largest absolute Gasteiger partial charge is 0.465 e. The van der Waals surface area contributed by atoms with Crippen molar-refractivity contribution in [1.29, 1.82) is 0 Å². The molecule has 4 aliphatic heterocycles. The van der Waals surface area contributed by atoms with E-state index in [0.717, 1.165) is 92.1 Å². The van der Waals surface area contributed by atoms with Gasteiger partial charge in [0, 0.05) is 31.9 Å². The maximum Gasteiger partial charge on any atom is 0.337 e. The first-order chi connectivity index (χ1) is 25.4. The zero-order chi connectivity index (χ0) is 35.7. The maximum atomic E-state index is 12.8. The van der Waals surface area contributed by atoms with Crippen molar-refractivity contribution in [2.75, 3.05) is 40.0 Å². The van der Waals surface area contributed by atoms with Crippen molar-refractivity contribution in [3.05, 3.63) is 81.9 Å². The number of methoxy groups -OCH3 is 1. The smallest absolute Gasteiger partial charge is 0.337 e. The lowest BCUT2D eigenvalue weighted by atomic mass is 9.88. The first-order valence-corrected chi connectivity index (χ1v) is 18.5. The summed E-state index contributed by atoms with van der Waals surface area (Å²) < 4.78 is 37.6. The van der Waals surface area contributed by atoms with Crippen molar-refractivity contribution in [3.8, 4) is 23.3 Å². The van der Waals surface area contributed by atoms with Gasteiger partial charge < -0.3 is 33.0 Å². The topological polar surface area (TPSA) is 106 Å². The van der Waals surface area contributed by atoms with E-state index in [0.29, 0.717) is 47.5 Å². The van der Waals surface area contributed by atoms with Crippen LogP contribution >= 0.6 is 11.6 Å². The number of imidazole rings is 1. The lowest BCUT2D eigenvalue weighted by molar-refractivity contribution is -0.154. The van der Waals surface area contributed by atoms with E-state index in [4.69, 9.17) is 45.0 Å². The summed E-state index contributed by atoms with van der Waals surface area (Å²) in [6.45, 7) is 6.66. The average molecular weight is 727 g/mol. The van der Waals surface area contributed by atoms with Crippen LogP contribution in [-0.2, 0) is 37.8 Å². The highest BCUT2D eigenvalue weighted by molar-refractivity contribution is 6.30. The Kier molecular flexibility index (Phi) is 10.1. The summed E-state index contributed by atoms with van der Waals surface area (Å²) in [5.74, 6) is 7.68. The molecule has 6 heterocycles. The monoisotopic (exact) mass is 726 g/mol. The van der Waals surface area contributed by atoms with Gasteiger partial charge in [0.25, 0.3) is 5.79 Å². The lowest BCUT2D eigenvalue weighted by Crippen LogP contribution is -2.35. The molecule has 2 aromatic carbocycles. The minimum Gasteiger partial charge on any atom is -0.465 e. The van der Waals surface area contributed by atoms with Gasteiger partial charge in [-0.2, -0.15) is 0 Å². The number of rotatable bonds is 9. The van der Waals surface area contributed by atoms with E-state index in [1.54, 1.807) is 18.3 Å². The molecule has 52 heavy (non-hydrogen) atoms. The fourth-order valence-electron chi connectivity index (χ4n) is 7.49. The fourth-order valence-corrected chi connectivity index (χ4v) is 7.60. The summed E-state index contributed by atoms with van der Waals surface area (Å²) in [5, 5.41) is 0.563. The van der Waals surface area contributed by atoms with E-state index in [9.17, 15) is 4.79 Å². The molecule has 0 aliphatic carbocycles. The van der Waals surface area contributed by atoms with Gasteiger partial charge in [-0.05, 0) is 87.9 Å². The maximum absolute atomic E-state index is 12.8. The predicted octanol–water partition coefficient (Wildman–Crippen LogP) is 6.58. The number of benzene rings is 2. The van der Waals surface area contributed by atoms with Crippen LogP contribution < -0.4 is 9.47 Å². The first kappa shape index (κ1) is 34.9. The van der Waals surface area contributed by atoms with Gasteiger partial charge in [0.05, 0.1) is 48.0 Å². The Morgan fingerprint density at radius 1 is 1.06 bits per heavy atom. The van der Waals surface area contributed by atoms with Crippen molar-refractivity contribution in [2.24, 2.45) is 0 Å². The van der Waals surface area contributed by atoms with E-state index in [2.05, 4.69) is 32.4 Å². The van der Waals surface area contributed by atoms with Crippen LogP contribution in [0, 0.1) is 11.8 Å². The number of halogens is 1. The molecule has 2 aromatic heterocycles. The van der Waals surface area contributed by atoms with Gasteiger partial charge in [-0.3, -0.25) is 9.88 Å². The molecule has 0 amide bonds. The number of ether oxygens (including phenoxy) is 6. The van der Waals surface area contributed by atoms with E-state index < -0.39 is 11.8 Å². The molecule has 0 radical (unpaired) electrons. The first-order valence-electron chi connectivity index (χ1n) is 18.2. The zero-order valence-electron chi connectivity index (χ0n) is 29.6. The highest BCUT2D eigenvalue weighted by Crippen LogP contribution is 2.49. The van der Waals surface area contributed by atoms with Crippen molar-refractivity contribution >= 4 is 28.6 Å². The van der Waals surface area contributed by atoms with Crippen LogP contribution in [0.4, 0.5) is 0 Å². The number of likely N-dealkylation sites (tertiary alicyclic amines) is 1. The minimum absolute atomic E-state index is 0.0956. The highest BCUT2D eigenvalue weighted by Gasteiger charge is 2.42. The van der Waals surface area contributed by atoms with Crippen LogP contribution in [0.3, 0.4) is 0 Å². The van der Waals surface area contributed by atoms with Crippen molar-refractivity contribution in [3.63, 3.8) is 0 Å². The predicted molar refractivity (Wildman–Crippen MR) is 193 cm³/mol. The van der Waals surface area contributed by atoms with Crippen LogP contribution in [0.25, 0.3) is 11.0 Å². The second-order valence-electron chi connectivity index (χ2n) is 13.9. The van der Waals surface area contributed by atoms with Crippen LogP contribution in [0.1, 0.15) is 84.4 Å². The summed E-state index contributed by atoms with van der Waals surface area (Å²) in [6.07, 6.45) is 7.38. The number of hydrogen-bond acceptors (Lipinski definition) is 10. The van der Waals surface area contributed by atoms with Gasteiger partial charge in [-0.25, -0.2) is 9.78 Å². The van der Waals surface area contributed by atoms with E-state index in [1.807, 2.05) is 31.2 Å². The summed E-state index contributed by atoms with van der Waals surface area (Å²) in [4.78, 5) is 24.9. The average Bonchev–Trinajstić information content (AvgIpc) is 3.69. The summed E-state index contributed by atoms with van der Waals surface area (Å²) in [7, 11) is 1.39. The molecule has 3 saturated heterocycles. The van der Waals surface area contributed by atoms with Gasteiger partial charge in [0.15, 0.2) is 17.8 Å². The summed E-state index contributed by atoms with van der Waals surface area (Å²) in [6, 6.07) is 13.4. The van der Waals surface area contributed by atoms with Crippen LogP contribution in [0.2, 0.25) is 5.02 Å². The Labute approximate surface area is 308 Å². The molecule has 4 aromatic rings. The molecule has 2 unspecified atom stereocenters. The summed E-state index contributed by atoms with van der Waals surface area (Å²) in [5.41, 5.74) is 4.53. The highest BCUT2D eigenvalue weighted by atomic mass is 35.5. The standard InChI is InChI=1S/C40H43ClN4O7/c1-40(34-12-11-29(41)23-42-34)51-33-9-5-8-31(38(33)52-40)26-13-16-44(17-14-26)25-35-43-37-27(7-6-19-50-36-10-3-4-18-49-36)21-28(39(46)47-2)22-32(37)45(35)24-30-15-20-48-30/h5,8-9,11-12,21-23,26,30,36H,3-4,10,13-20,24-25H2,1-2H3/t30-,36?,40?/m0/s1. The molecule has 4 aliphatic rings. The fraction of sp³-hybridized carbons (Fsp3) is 0.475. The number of piperidine rings is 1. The molecule has 3 atom stereocenters. The molecular formula is C40H43ClN4O7. The number of aromatic nitrogens is 3. The third-order valence-electron chi connectivity index (χ3n) is 10.4. The second-order valence-corrected chi connectivity index (χ2v) is 14.4. The van der Waals surface area contributed by atoms with Gasteiger partial charge in [0.1, 0.15) is 23.6 Å². The van der Waals surface area contributed by atoms with Crippen molar-refractivity contribution < 1.29 is 33.2 Å². The van der Waals surface area contributed by atoms with Gasteiger partial charge in [0.2, 0.25) is 0 Å². The van der Waals surface area contributed by atoms with E-state index in [-0.39, 0.29) is 19.0 Å². The number of carbonyl (C=O) groups excluding carboxylic acids is 1. The van der Waals surface area contributed by atoms with Crippen molar-refractivity contribution in [2.45, 2.75) is 82.6 Å². The van der Waals surface area contributed by atoms with Crippen LogP contribution in [-0.4, -0.2) is 77.8 Å². The third kappa shape index (κ3) is 7.23. The molecule has 0 spiro atoms. The number of nitrogens with zero attached hydrogens (tertiary/aromatic N) is 4. The van der Waals surface area contributed by atoms with Gasteiger partial charge in [-0.1, -0.05) is 35.6 Å². The molecule has 0 saturated carbocycles. The lowest BCUT2D eigenvalue weighted by Gasteiger charge is -2.33. The molecule has 11 nitrogen and oxygen atoms in total. The minimum atomic E-state index is -1.03. The molecule has 272 valence electrons. The molecular weight excluding hydrogens is 684 g/mol. The zero-order valence-corrected chi connectivity index (χ0v) is 30.3. The Hall–Kier alpha value is -4.18. The number of carbonyl (C=O) groups is 1. The number of pyridine rings is 1. The Balaban J connectivity index is 1.01. The third-order valence-corrected chi connectivity index (χ3v) is 10.7. The van der Waals surface area contributed by atoms with E-state index >= 15 is 0 Å². The Bertz CT molecular complexity index is 1990. The van der Waals surface area contributed by atoms with Gasteiger partial charge in [-0.15, -0.1) is 0 Å². The second kappa shape index (κ2) is 15.0. The molecule has 0 N–H and O–H groups in total. The summed E-state index contributed by atoms with van der Waals surface area (Å²) >= 11 is 6.09. The van der Waals surface area contributed by atoms with Crippen molar-refractivity contribution in [1.82, 2.24) is 19.4 Å². The number of esters is 1. The van der Waals surface area contributed by atoms with Crippen LogP contribution in [0.5, 0.6) is 11.5 Å². The SMILES string of the molecule is COC(=O)c1cc(C#CCOC2CCCCO2)c2nc(CN3CCC(c4cccc5c4OC(C)(c4ccc(Cl)cn4)O5)CC3)n(C[C@@H]3CCO3)c2c1. The normalized spacial score (nSPS) is 23.2. The number of hydrogen-bond donors (Lipinski definition) is 0. The number of fused-ring (bicyclic) bond motifs is 2. The van der Waals surface area contributed by atoms with Gasteiger partial charge >= 0.3 is 5.97 Å². The molecule has 8 rings (SSSR count). The molecule has 3 fully saturated rings. The molecule has 12 heteroatoms. The van der Waals surface area contributed by atoms with E-state index in [1.165, 1.54) is 7.11 Å². The molecule has 0 bridgehead atoms.